The van der Waals surface area contributed by atoms with Crippen LogP contribution in [0.4, 0.5) is 0 Å². The molecule has 0 aliphatic rings. The van der Waals surface area contributed by atoms with E-state index in [2.05, 4.69) is 18.7 Å². The summed E-state index contributed by atoms with van der Waals surface area (Å²) in [5, 5.41) is 0. The fraction of sp³-hybridized carbons (Fsp3) is 0.438. The molecule has 0 unspecified atom stereocenters. The molecule has 4 nitrogen and oxygen atoms in total. The molecule has 1 aromatic carbocycles. The molecular weight excluding hydrogens is 254 g/mol. The number of hydrogen-bond acceptors (Lipinski definition) is 4. The standard InChI is InChI=1S/C16H23NO3/c1-4-17(5-2)12-13-20-16(18)11-10-14-8-6-7-9-15(14)19-3/h6-11H,4-5,12-13H2,1-3H3. The molecule has 1 rings (SSSR count). The molecule has 1 aromatic rings. The maximum Gasteiger partial charge on any atom is 0.330 e. The third-order valence-corrected chi connectivity index (χ3v) is 3.08. The zero-order valence-corrected chi connectivity index (χ0v) is 12.5. The van der Waals surface area contributed by atoms with Crippen molar-refractivity contribution in [2.24, 2.45) is 0 Å². The lowest BCUT2D eigenvalue weighted by Gasteiger charge is -2.17. The van der Waals surface area contributed by atoms with Crippen LogP contribution in [0.3, 0.4) is 0 Å². The Bertz CT molecular complexity index is 439. The number of carbonyl (C=O) groups excluding carboxylic acids is 1. The fourth-order valence-electron chi connectivity index (χ4n) is 1.83. The summed E-state index contributed by atoms with van der Waals surface area (Å²) in [5.74, 6) is 0.405. The van der Waals surface area contributed by atoms with Crippen molar-refractivity contribution in [2.75, 3.05) is 33.4 Å². The Kier molecular flexibility index (Phi) is 7.43. The summed E-state index contributed by atoms with van der Waals surface area (Å²) in [5.41, 5.74) is 0.857. The molecule has 4 heteroatoms. The number of ether oxygens (including phenoxy) is 2. The van der Waals surface area contributed by atoms with Gasteiger partial charge in [-0.05, 0) is 25.2 Å². The minimum absolute atomic E-state index is 0.330. The first-order chi connectivity index (χ1) is 9.71. The summed E-state index contributed by atoms with van der Waals surface area (Å²) < 4.78 is 10.4. The minimum atomic E-state index is -0.330. The maximum absolute atomic E-state index is 11.6. The number of methoxy groups -OCH3 is 1. The van der Waals surface area contributed by atoms with Crippen LogP contribution in [0.1, 0.15) is 19.4 Å². The second-order valence-corrected chi connectivity index (χ2v) is 4.27. The summed E-state index contributed by atoms with van der Waals surface area (Å²) in [6, 6.07) is 7.52. The number of esters is 1. The van der Waals surface area contributed by atoms with Gasteiger partial charge >= 0.3 is 5.97 Å². The molecule has 0 aromatic heterocycles. The van der Waals surface area contributed by atoms with Gasteiger partial charge in [-0.25, -0.2) is 4.79 Å². The average molecular weight is 277 g/mol. The Morgan fingerprint density at radius 1 is 1.25 bits per heavy atom. The fourth-order valence-corrected chi connectivity index (χ4v) is 1.83. The second kappa shape index (κ2) is 9.15. The van der Waals surface area contributed by atoms with Gasteiger partial charge in [0.15, 0.2) is 0 Å². The molecular formula is C16H23NO3. The van der Waals surface area contributed by atoms with Crippen LogP contribution in [0, 0.1) is 0 Å². The monoisotopic (exact) mass is 277 g/mol. The van der Waals surface area contributed by atoms with E-state index in [1.807, 2.05) is 24.3 Å². The molecule has 0 aliphatic heterocycles. The first-order valence-electron chi connectivity index (χ1n) is 6.91. The van der Waals surface area contributed by atoms with Crippen LogP contribution in [0.5, 0.6) is 5.75 Å². The third-order valence-electron chi connectivity index (χ3n) is 3.08. The Labute approximate surface area is 121 Å². The van der Waals surface area contributed by atoms with E-state index >= 15 is 0 Å². The Morgan fingerprint density at radius 2 is 1.95 bits per heavy atom. The molecule has 0 spiro atoms. The number of rotatable bonds is 8. The topological polar surface area (TPSA) is 38.8 Å². The zero-order chi connectivity index (χ0) is 14.8. The largest absolute Gasteiger partial charge is 0.496 e. The summed E-state index contributed by atoms with van der Waals surface area (Å²) in [6.07, 6.45) is 3.14. The van der Waals surface area contributed by atoms with Gasteiger partial charge in [-0.1, -0.05) is 32.0 Å². The van der Waals surface area contributed by atoms with E-state index in [4.69, 9.17) is 9.47 Å². The molecule has 0 saturated heterocycles. The lowest BCUT2D eigenvalue weighted by atomic mass is 10.2. The third kappa shape index (κ3) is 5.45. The van der Waals surface area contributed by atoms with Crippen molar-refractivity contribution < 1.29 is 14.3 Å². The molecule has 0 N–H and O–H groups in total. The molecule has 0 aliphatic carbocycles. The highest BCUT2D eigenvalue weighted by Crippen LogP contribution is 2.18. The molecule has 0 bridgehead atoms. The van der Waals surface area contributed by atoms with Crippen LogP contribution in [-0.4, -0.2) is 44.2 Å². The molecule has 0 fully saturated rings. The van der Waals surface area contributed by atoms with E-state index in [1.54, 1.807) is 13.2 Å². The number of hydrogen-bond donors (Lipinski definition) is 0. The van der Waals surface area contributed by atoms with E-state index in [-0.39, 0.29) is 5.97 Å². The SMILES string of the molecule is CCN(CC)CCOC(=O)C=Cc1ccccc1OC. The lowest BCUT2D eigenvalue weighted by Crippen LogP contribution is -2.27. The van der Waals surface area contributed by atoms with E-state index < -0.39 is 0 Å². The highest BCUT2D eigenvalue weighted by Gasteiger charge is 2.02. The van der Waals surface area contributed by atoms with Gasteiger partial charge in [0.25, 0.3) is 0 Å². The Morgan fingerprint density at radius 3 is 2.60 bits per heavy atom. The lowest BCUT2D eigenvalue weighted by molar-refractivity contribution is -0.138. The number of carbonyl (C=O) groups is 1. The molecule has 110 valence electrons. The van der Waals surface area contributed by atoms with Gasteiger partial charge in [0.05, 0.1) is 7.11 Å². The summed E-state index contributed by atoms with van der Waals surface area (Å²) in [7, 11) is 1.61. The zero-order valence-electron chi connectivity index (χ0n) is 12.5. The van der Waals surface area contributed by atoms with E-state index in [0.717, 1.165) is 30.9 Å². The van der Waals surface area contributed by atoms with Crippen LogP contribution in [0.25, 0.3) is 6.08 Å². The van der Waals surface area contributed by atoms with Crippen molar-refractivity contribution in [3.8, 4) is 5.75 Å². The molecule has 0 radical (unpaired) electrons. The number of para-hydroxylation sites is 1. The average Bonchev–Trinajstić information content (AvgIpc) is 2.49. The van der Waals surface area contributed by atoms with Crippen molar-refractivity contribution in [3.05, 3.63) is 35.9 Å². The van der Waals surface area contributed by atoms with Crippen molar-refractivity contribution in [3.63, 3.8) is 0 Å². The Balaban J connectivity index is 2.43. The first kappa shape index (κ1) is 16.2. The van der Waals surface area contributed by atoms with Gasteiger partial charge in [0.1, 0.15) is 12.4 Å². The number of nitrogens with zero attached hydrogens (tertiary/aromatic N) is 1. The van der Waals surface area contributed by atoms with Gasteiger partial charge < -0.3 is 14.4 Å². The van der Waals surface area contributed by atoms with Gasteiger partial charge in [0, 0.05) is 18.2 Å². The summed E-state index contributed by atoms with van der Waals surface area (Å²) >= 11 is 0. The van der Waals surface area contributed by atoms with Gasteiger partial charge in [-0.3, -0.25) is 0 Å². The molecule has 0 heterocycles. The minimum Gasteiger partial charge on any atom is -0.496 e. The quantitative estimate of drug-likeness (QED) is 0.541. The highest BCUT2D eigenvalue weighted by molar-refractivity contribution is 5.87. The van der Waals surface area contributed by atoms with E-state index in [0.29, 0.717) is 6.61 Å². The smallest absolute Gasteiger partial charge is 0.330 e. The molecule has 0 atom stereocenters. The van der Waals surface area contributed by atoms with Crippen molar-refractivity contribution in [1.29, 1.82) is 0 Å². The van der Waals surface area contributed by atoms with Crippen molar-refractivity contribution in [1.82, 2.24) is 4.90 Å². The van der Waals surface area contributed by atoms with Crippen molar-refractivity contribution in [2.45, 2.75) is 13.8 Å². The predicted octanol–water partition coefficient (Wildman–Crippen LogP) is 2.59. The normalized spacial score (nSPS) is 11.0. The second-order valence-electron chi connectivity index (χ2n) is 4.27. The maximum atomic E-state index is 11.6. The van der Waals surface area contributed by atoms with Crippen LogP contribution in [0.15, 0.2) is 30.3 Å². The van der Waals surface area contributed by atoms with Crippen LogP contribution >= 0.6 is 0 Å². The highest BCUT2D eigenvalue weighted by atomic mass is 16.5. The number of likely N-dealkylation sites (N-methyl/N-ethyl adjacent to an activating group) is 1. The molecule has 0 amide bonds. The van der Waals surface area contributed by atoms with Crippen LogP contribution in [-0.2, 0) is 9.53 Å². The Hall–Kier alpha value is -1.81. The van der Waals surface area contributed by atoms with Gasteiger partial charge in [-0.15, -0.1) is 0 Å². The van der Waals surface area contributed by atoms with E-state index in [1.165, 1.54) is 6.08 Å². The van der Waals surface area contributed by atoms with Gasteiger partial charge in [0.2, 0.25) is 0 Å². The predicted molar refractivity (Wildman–Crippen MR) is 80.8 cm³/mol. The van der Waals surface area contributed by atoms with Gasteiger partial charge in [-0.2, -0.15) is 0 Å². The summed E-state index contributed by atoms with van der Waals surface area (Å²) in [4.78, 5) is 13.8. The summed E-state index contributed by atoms with van der Waals surface area (Å²) in [6.45, 7) is 7.29. The van der Waals surface area contributed by atoms with E-state index in [9.17, 15) is 4.79 Å². The molecule has 0 saturated carbocycles. The first-order valence-corrected chi connectivity index (χ1v) is 6.91. The van der Waals surface area contributed by atoms with Crippen LogP contribution < -0.4 is 4.74 Å². The number of benzene rings is 1. The molecule has 20 heavy (non-hydrogen) atoms. The van der Waals surface area contributed by atoms with Crippen LogP contribution in [0.2, 0.25) is 0 Å². The van der Waals surface area contributed by atoms with Crippen molar-refractivity contribution >= 4 is 12.0 Å².